The molecule has 3 aromatic rings. The monoisotopic (exact) mass is 424 g/mol. The van der Waals surface area contributed by atoms with E-state index in [9.17, 15) is 18.0 Å². The topological polar surface area (TPSA) is 55.8 Å². The van der Waals surface area contributed by atoms with Gasteiger partial charge in [-0.25, -0.2) is 4.79 Å². The number of carboxylic acid groups (broad SMARTS) is 1. The smallest absolute Gasteiger partial charge is 0.416 e. The number of rotatable bonds is 6. The molecule has 3 aromatic carbocycles. The van der Waals surface area contributed by atoms with Crippen LogP contribution in [-0.4, -0.2) is 17.2 Å². The van der Waals surface area contributed by atoms with Crippen LogP contribution in [0.1, 0.15) is 18.9 Å². The van der Waals surface area contributed by atoms with Gasteiger partial charge in [0.2, 0.25) is 0 Å². The molecule has 0 saturated carbocycles. The molecule has 0 radical (unpaired) electrons. The Balaban J connectivity index is 1.86. The normalized spacial score (nSPS) is 12.6. The number of aliphatic carboxylic acids is 1. The van der Waals surface area contributed by atoms with Crippen LogP contribution in [0.25, 0.3) is 10.8 Å². The second-order valence-corrected chi connectivity index (χ2v) is 6.68. The van der Waals surface area contributed by atoms with E-state index < -0.39 is 23.8 Å². The van der Waals surface area contributed by atoms with E-state index in [1.165, 1.54) is 0 Å². The molecule has 1 N–H and O–H groups in total. The minimum atomic E-state index is -4.49. The Hall–Kier alpha value is -2.93. The fourth-order valence-corrected chi connectivity index (χ4v) is 2.92. The third-order valence-electron chi connectivity index (χ3n) is 4.19. The Morgan fingerprint density at radius 1 is 1.03 bits per heavy atom. The first-order chi connectivity index (χ1) is 13.7. The van der Waals surface area contributed by atoms with Crippen molar-refractivity contribution in [3.05, 3.63) is 65.2 Å². The maximum atomic E-state index is 12.8. The zero-order valence-electron chi connectivity index (χ0n) is 15.2. The van der Waals surface area contributed by atoms with Gasteiger partial charge >= 0.3 is 12.1 Å². The van der Waals surface area contributed by atoms with Crippen LogP contribution in [-0.2, 0) is 11.0 Å². The summed E-state index contributed by atoms with van der Waals surface area (Å²) in [5.74, 6) is -0.219. The summed E-state index contributed by atoms with van der Waals surface area (Å²) < 4.78 is 49.4. The van der Waals surface area contributed by atoms with Gasteiger partial charge in [-0.3, -0.25) is 0 Å². The molecular formula is C21H16ClF3O4. The van der Waals surface area contributed by atoms with E-state index in [-0.39, 0.29) is 10.8 Å². The van der Waals surface area contributed by atoms with Crippen LogP contribution in [0.2, 0.25) is 5.02 Å². The zero-order chi connectivity index (χ0) is 21.2. The number of hydrogen-bond donors (Lipinski definition) is 1. The molecular weight excluding hydrogens is 409 g/mol. The highest BCUT2D eigenvalue weighted by Crippen LogP contribution is 2.37. The van der Waals surface area contributed by atoms with Crippen LogP contribution in [0.15, 0.2) is 54.6 Å². The largest absolute Gasteiger partial charge is 0.479 e. The number of ether oxygens (including phenoxy) is 2. The van der Waals surface area contributed by atoms with Crippen LogP contribution >= 0.6 is 11.6 Å². The minimum absolute atomic E-state index is 0.0864. The highest BCUT2D eigenvalue weighted by atomic mass is 35.5. The maximum absolute atomic E-state index is 12.8. The van der Waals surface area contributed by atoms with Crippen molar-refractivity contribution in [2.45, 2.75) is 25.6 Å². The first kappa shape index (κ1) is 20.8. The van der Waals surface area contributed by atoms with Gasteiger partial charge in [-0.05, 0) is 59.7 Å². The average molecular weight is 425 g/mol. The standard InChI is InChI=1S/C21H16ClF3O4/c1-2-18(20(26)27)28-15-6-3-12-4-7-16(10-13(12)9-15)29-19-8-5-14(11-17(19)22)21(23,24)25/h3-11,18H,2H2,1H3,(H,26,27)/t18-/m1/s1. The molecule has 0 aromatic heterocycles. The first-order valence-electron chi connectivity index (χ1n) is 8.65. The molecule has 3 rings (SSSR count). The summed E-state index contributed by atoms with van der Waals surface area (Å²) in [6, 6.07) is 13.1. The first-order valence-corrected chi connectivity index (χ1v) is 9.03. The van der Waals surface area contributed by atoms with Crippen molar-refractivity contribution in [2.24, 2.45) is 0 Å². The summed E-state index contributed by atoms with van der Waals surface area (Å²) in [6.07, 6.45) is -5.14. The van der Waals surface area contributed by atoms with E-state index in [0.717, 1.165) is 23.6 Å². The number of alkyl halides is 3. The predicted octanol–water partition coefficient (Wildman–Crippen LogP) is 6.55. The van der Waals surface area contributed by atoms with Crippen molar-refractivity contribution in [1.29, 1.82) is 0 Å². The lowest BCUT2D eigenvalue weighted by Crippen LogP contribution is -2.25. The summed E-state index contributed by atoms with van der Waals surface area (Å²) in [4.78, 5) is 11.1. The molecule has 1 atom stereocenters. The molecule has 0 aliphatic carbocycles. The van der Waals surface area contributed by atoms with E-state index in [0.29, 0.717) is 23.3 Å². The van der Waals surface area contributed by atoms with E-state index in [1.54, 1.807) is 43.3 Å². The van der Waals surface area contributed by atoms with Crippen molar-refractivity contribution in [3.8, 4) is 17.2 Å². The van der Waals surface area contributed by atoms with Gasteiger partial charge in [-0.1, -0.05) is 30.7 Å². The number of halogens is 4. The Morgan fingerprint density at radius 3 is 2.28 bits per heavy atom. The van der Waals surface area contributed by atoms with Crippen molar-refractivity contribution in [1.82, 2.24) is 0 Å². The summed E-state index contributed by atoms with van der Waals surface area (Å²) in [5.41, 5.74) is -0.862. The maximum Gasteiger partial charge on any atom is 0.416 e. The van der Waals surface area contributed by atoms with Gasteiger partial charge in [0.1, 0.15) is 17.2 Å². The quantitative estimate of drug-likeness (QED) is 0.487. The van der Waals surface area contributed by atoms with Crippen LogP contribution < -0.4 is 9.47 Å². The molecule has 29 heavy (non-hydrogen) atoms. The molecule has 0 aliphatic heterocycles. The van der Waals surface area contributed by atoms with Gasteiger partial charge in [0.25, 0.3) is 0 Å². The van der Waals surface area contributed by atoms with E-state index in [2.05, 4.69) is 0 Å². The van der Waals surface area contributed by atoms with Gasteiger partial charge in [-0.2, -0.15) is 13.2 Å². The number of carboxylic acids is 1. The zero-order valence-corrected chi connectivity index (χ0v) is 15.9. The molecule has 0 bridgehead atoms. The SMILES string of the molecule is CC[C@@H](Oc1ccc2ccc(Oc3ccc(C(F)(F)F)cc3Cl)cc2c1)C(=O)O. The Kier molecular flexibility index (Phi) is 5.88. The highest BCUT2D eigenvalue weighted by molar-refractivity contribution is 6.32. The molecule has 0 aliphatic rings. The fourth-order valence-electron chi connectivity index (χ4n) is 2.70. The molecule has 8 heteroatoms. The number of benzene rings is 3. The third kappa shape index (κ3) is 4.92. The molecule has 152 valence electrons. The molecule has 0 unspecified atom stereocenters. The van der Waals surface area contributed by atoms with E-state index >= 15 is 0 Å². The van der Waals surface area contributed by atoms with E-state index in [1.807, 2.05) is 0 Å². The number of fused-ring (bicyclic) bond motifs is 1. The van der Waals surface area contributed by atoms with Crippen LogP contribution in [0.4, 0.5) is 13.2 Å². The Bertz CT molecular complexity index is 1050. The molecule has 0 amide bonds. The van der Waals surface area contributed by atoms with Crippen LogP contribution in [0.3, 0.4) is 0 Å². The molecule has 0 fully saturated rings. The van der Waals surface area contributed by atoms with Crippen LogP contribution in [0, 0.1) is 0 Å². The second kappa shape index (κ2) is 8.21. The van der Waals surface area contributed by atoms with E-state index in [4.69, 9.17) is 26.2 Å². The van der Waals surface area contributed by atoms with Gasteiger partial charge in [0.15, 0.2) is 6.10 Å². The highest BCUT2D eigenvalue weighted by Gasteiger charge is 2.31. The predicted molar refractivity (Wildman–Crippen MR) is 103 cm³/mol. The van der Waals surface area contributed by atoms with Gasteiger partial charge in [0, 0.05) is 0 Å². The second-order valence-electron chi connectivity index (χ2n) is 6.27. The van der Waals surface area contributed by atoms with Crippen LogP contribution in [0.5, 0.6) is 17.2 Å². The number of hydrogen-bond acceptors (Lipinski definition) is 3. The summed E-state index contributed by atoms with van der Waals surface area (Å²) in [7, 11) is 0. The van der Waals surface area contributed by atoms with Crippen molar-refractivity contribution in [2.75, 3.05) is 0 Å². The molecule has 0 spiro atoms. The third-order valence-corrected chi connectivity index (χ3v) is 4.49. The Labute approximate surface area is 169 Å². The van der Waals surface area contributed by atoms with Crippen molar-refractivity contribution >= 4 is 28.3 Å². The van der Waals surface area contributed by atoms with Gasteiger partial charge in [-0.15, -0.1) is 0 Å². The molecule has 0 saturated heterocycles. The average Bonchev–Trinajstić information content (AvgIpc) is 2.66. The molecule has 4 nitrogen and oxygen atoms in total. The van der Waals surface area contributed by atoms with Gasteiger partial charge in [0.05, 0.1) is 10.6 Å². The Morgan fingerprint density at radius 2 is 1.69 bits per heavy atom. The lowest BCUT2D eigenvalue weighted by Gasteiger charge is -2.14. The lowest BCUT2D eigenvalue weighted by molar-refractivity contribution is -0.145. The summed E-state index contributed by atoms with van der Waals surface area (Å²) >= 11 is 5.93. The minimum Gasteiger partial charge on any atom is -0.479 e. The van der Waals surface area contributed by atoms with Crippen molar-refractivity contribution in [3.63, 3.8) is 0 Å². The number of carbonyl (C=O) groups is 1. The fraction of sp³-hybridized carbons (Fsp3) is 0.190. The van der Waals surface area contributed by atoms with Crippen molar-refractivity contribution < 1.29 is 32.5 Å². The molecule has 0 heterocycles. The van der Waals surface area contributed by atoms with Gasteiger partial charge < -0.3 is 14.6 Å². The lowest BCUT2D eigenvalue weighted by atomic mass is 10.1. The summed E-state index contributed by atoms with van der Waals surface area (Å²) in [6.45, 7) is 1.71. The summed E-state index contributed by atoms with van der Waals surface area (Å²) in [5, 5.41) is 10.5.